The third kappa shape index (κ3) is 3.90. The van der Waals surface area contributed by atoms with Gasteiger partial charge in [0, 0.05) is 12.6 Å². The second-order valence-corrected chi connectivity index (χ2v) is 8.02. The van der Waals surface area contributed by atoms with Crippen molar-refractivity contribution in [3.63, 3.8) is 0 Å². The quantitative estimate of drug-likeness (QED) is 0.732. The van der Waals surface area contributed by atoms with E-state index < -0.39 is 21.4 Å². The van der Waals surface area contributed by atoms with Crippen molar-refractivity contribution in [2.75, 3.05) is 24.6 Å². The maximum atomic E-state index is 11.5. The van der Waals surface area contributed by atoms with Gasteiger partial charge in [-0.15, -0.1) is 0 Å². The highest BCUT2D eigenvalue weighted by Gasteiger charge is 2.39. The van der Waals surface area contributed by atoms with E-state index in [1.807, 2.05) is 0 Å². The first-order valence-electron chi connectivity index (χ1n) is 6.68. The molecule has 1 saturated heterocycles. The van der Waals surface area contributed by atoms with Gasteiger partial charge < -0.3 is 10.2 Å². The monoisotopic (exact) mass is 291 g/mol. The molecule has 0 spiro atoms. The first kappa shape index (κ1) is 14.7. The number of carboxylic acid groups (broad SMARTS) is 1. The van der Waals surface area contributed by atoms with Crippen LogP contribution in [-0.2, 0) is 14.6 Å². The van der Waals surface area contributed by atoms with Crippen LogP contribution in [0.1, 0.15) is 32.1 Å². The van der Waals surface area contributed by atoms with Crippen LogP contribution in [0, 0.1) is 0 Å². The van der Waals surface area contributed by atoms with Crippen molar-refractivity contribution < 1.29 is 23.4 Å². The fraction of sp³-hybridized carbons (Fsp3) is 0.917. The van der Waals surface area contributed by atoms with E-state index in [1.165, 1.54) is 0 Å². The molecular weight excluding hydrogens is 270 g/mol. The molecule has 0 amide bonds. The van der Waals surface area contributed by atoms with Crippen molar-refractivity contribution >= 4 is 15.8 Å². The summed E-state index contributed by atoms with van der Waals surface area (Å²) in [6, 6.07) is -0.272. The number of nitrogens with zero attached hydrogens (tertiary/aromatic N) is 1. The number of carboxylic acids is 1. The fourth-order valence-corrected chi connectivity index (χ4v) is 4.88. The van der Waals surface area contributed by atoms with Gasteiger partial charge in [-0.3, -0.25) is 9.69 Å². The van der Waals surface area contributed by atoms with Crippen LogP contribution >= 0.6 is 0 Å². The van der Waals surface area contributed by atoms with E-state index in [4.69, 9.17) is 5.11 Å². The zero-order valence-corrected chi connectivity index (χ0v) is 11.7. The lowest BCUT2D eigenvalue weighted by molar-refractivity contribution is -0.139. The van der Waals surface area contributed by atoms with Gasteiger partial charge in [0.1, 0.15) is 0 Å². The van der Waals surface area contributed by atoms with Gasteiger partial charge in [0.2, 0.25) is 0 Å². The standard InChI is InChI=1S/C12H21NO5S/c14-11(15)7-13(9-12(16)4-1-2-5-12)10-3-6-19(17,18)8-10/h10,16H,1-9H2,(H,14,15). The Kier molecular flexibility index (Phi) is 4.17. The van der Waals surface area contributed by atoms with Crippen LogP contribution in [0.4, 0.5) is 0 Å². The molecule has 1 aliphatic heterocycles. The molecule has 0 bridgehead atoms. The van der Waals surface area contributed by atoms with Gasteiger partial charge in [-0.1, -0.05) is 12.8 Å². The van der Waals surface area contributed by atoms with Crippen molar-refractivity contribution in [2.45, 2.75) is 43.7 Å². The molecule has 110 valence electrons. The Morgan fingerprint density at radius 3 is 2.42 bits per heavy atom. The minimum atomic E-state index is -3.05. The van der Waals surface area contributed by atoms with Crippen LogP contribution in [0.2, 0.25) is 0 Å². The maximum absolute atomic E-state index is 11.5. The van der Waals surface area contributed by atoms with Crippen molar-refractivity contribution in [3.8, 4) is 0 Å². The van der Waals surface area contributed by atoms with Crippen LogP contribution in [0.15, 0.2) is 0 Å². The smallest absolute Gasteiger partial charge is 0.317 e. The number of aliphatic hydroxyl groups is 1. The number of sulfone groups is 1. The molecule has 1 unspecified atom stereocenters. The highest BCUT2D eigenvalue weighted by Crippen LogP contribution is 2.31. The lowest BCUT2D eigenvalue weighted by Crippen LogP contribution is -2.48. The number of rotatable bonds is 5. The Morgan fingerprint density at radius 2 is 1.95 bits per heavy atom. The van der Waals surface area contributed by atoms with Crippen LogP contribution in [0.25, 0.3) is 0 Å². The molecule has 2 aliphatic rings. The molecule has 0 aromatic carbocycles. The maximum Gasteiger partial charge on any atom is 0.317 e. The van der Waals surface area contributed by atoms with Gasteiger partial charge in [0.15, 0.2) is 9.84 Å². The molecule has 0 aromatic rings. The normalized spacial score (nSPS) is 28.8. The Hall–Kier alpha value is -0.660. The molecular formula is C12H21NO5S. The predicted octanol–water partition coefficient (Wildman–Crippen LogP) is -0.135. The number of hydrogen-bond donors (Lipinski definition) is 2. The van der Waals surface area contributed by atoms with E-state index in [9.17, 15) is 18.3 Å². The molecule has 0 radical (unpaired) electrons. The highest BCUT2D eigenvalue weighted by molar-refractivity contribution is 7.91. The minimum Gasteiger partial charge on any atom is -0.480 e. The number of hydrogen-bond acceptors (Lipinski definition) is 5. The largest absolute Gasteiger partial charge is 0.480 e. The lowest BCUT2D eigenvalue weighted by atomic mass is 10.0. The summed E-state index contributed by atoms with van der Waals surface area (Å²) in [5.74, 6) is -0.853. The van der Waals surface area contributed by atoms with E-state index in [-0.39, 0.29) is 30.6 Å². The van der Waals surface area contributed by atoms with Gasteiger partial charge >= 0.3 is 5.97 Å². The van der Waals surface area contributed by atoms with Crippen molar-refractivity contribution in [3.05, 3.63) is 0 Å². The van der Waals surface area contributed by atoms with E-state index in [0.29, 0.717) is 19.3 Å². The second kappa shape index (κ2) is 5.38. The van der Waals surface area contributed by atoms with Crippen molar-refractivity contribution in [2.24, 2.45) is 0 Å². The summed E-state index contributed by atoms with van der Waals surface area (Å²) < 4.78 is 23.0. The molecule has 2 N–H and O–H groups in total. The Morgan fingerprint density at radius 1 is 1.32 bits per heavy atom. The topological polar surface area (TPSA) is 94.9 Å². The van der Waals surface area contributed by atoms with Crippen molar-refractivity contribution in [1.29, 1.82) is 0 Å². The van der Waals surface area contributed by atoms with Gasteiger partial charge in [-0.2, -0.15) is 0 Å². The first-order chi connectivity index (χ1) is 8.80. The molecule has 6 nitrogen and oxygen atoms in total. The lowest BCUT2D eigenvalue weighted by Gasteiger charge is -2.33. The summed E-state index contributed by atoms with van der Waals surface area (Å²) in [6.45, 7) is 0.0575. The predicted molar refractivity (Wildman–Crippen MR) is 69.7 cm³/mol. The first-order valence-corrected chi connectivity index (χ1v) is 8.50. The second-order valence-electron chi connectivity index (χ2n) is 5.79. The number of aliphatic carboxylic acids is 1. The summed E-state index contributed by atoms with van der Waals surface area (Å²) >= 11 is 0. The SMILES string of the molecule is O=C(O)CN(CC1(O)CCCC1)C1CCS(=O)(=O)C1. The van der Waals surface area contributed by atoms with Gasteiger partial charge in [0.05, 0.1) is 23.7 Å². The van der Waals surface area contributed by atoms with E-state index in [1.54, 1.807) is 4.90 Å². The Bertz CT molecular complexity index is 441. The van der Waals surface area contributed by atoms with Crippen LogP contribution < -0.4 is 0 Å². The Labute approximate surface area is 113 Å². The molecule has 1 aliphatic carbocycles. The average molecular weight is 291 g/mol. The van der Waals surface area contributed by atoms with E-state index in [0.717, 1.165) is 12.8 Å². The van der Waals surface area contributed by atoms with Crippen molar-refractivity contribution in [1.82, 2.24) is 4.90 Å². The summed E-state index contributed by atoms with van der Waals surface area (Å²) in [5.41, 5.74) is -0.845. The molecule has 2 fully saturated rings. The molecule has 7 heteroatoms. The summed E-state index contributed by atoms with van der Waals surface area (Å²) in [5, 5.41) is 19.3. The fourth-order valence-electron chi connectivity index (χ4n) is 3.12. The molecule has 1 atom stereocenters. The molecule has 0 aromatic heterocycles. The summed E-state index contributed by atoms with van der Waals surface area (Å²) in [7, 11) is -3.05. The van der Waals surface area contributed by atoms with Crippen LogP contribution in [0.3, 0.4) is 0 Å². The third-order valence-corrected chi connectivity index (χ3v) is 5.85. The summed E-state index contributed by atoms with van der Waals surface area (Å²) in [6.07, 6.45) is 3.69. The van der Waals surface area contributed by atoms with E-state index >= 15 is 0 Å². The van der Waals surface area contributed by atoms with Gasteiger partial charge in [-0.05, 0) is 19.3 Å². The molecule has 2 rings (SSSR count). The summed E-state index contributed by atoms with van der Waals surface area (Å²) in [4.78, 5) is 12.6. The van der Waals surface area contributed by atoms with E-state index in [2.05, 4.69) is 0 Å². The minimum absolute atomic E-state index is 0.0103. The van der Waals surface area contributed by atoms with Gasteiger partial charge in [0.25, 0.3) is 0 Å². The van der Waals surface area contributed by atoms with Gasteiger partial charge in [-0.25, -0.2) is 8.42 Å². The molecule has 1 saturated carbocycles. The zero-order chi connectivity index (χ0) is 14.1. The Balaban J connectivity index is 2.05. The average Bonchev–Trinajstić information content (AvgIpc) is 2.83. The van der Waals surface area contributed by atoms with Crippen LogP contribution in [0.5, 0.6) is 0 Å². The zero-order valence-electron chi connectivity index (χ0n) is 10.9. The molecule has 19 heavy (non-hydrogen) atoms. The highest BCUT2D eigenvalue weighted by atomic mass is 32.2. The van der Waals surface area contributed by atoms with Crippen LogP contribution in [-0.4, -0.2) is 65.7 Å². The number of carbonyl (C=O) groups is 1. The molecule has 1 heterocycles. The third-order valence-electron chi connectivity index (χ3n) is 4.09.